The molecule has 0 saturated heterocycles. The molecule has 0 aromatic rings. The van der Waals surface area contributed by atoms with Crippen LogP contribution in [0.3, 0.4) is 0 Å². The summed E-state index contributed by atoms with van der Waals surface area (Å²) < 4.78 is 23.3. The van der Waals surface area contributed by atoms with Gasteiger partial charge in [0.2, 0.25) is 0 Å². The first-order chi connectivity index (χ1) is 4.70. The second-order valence-corrected chi connectivity index (χ2v) is 2.29. The highest BCUT2D eigenvalue weighted by Gasteiger charge is 2.02. The predicted octanol–water partition coefficient (Wildman–Crippen LogP) is 3.41. The third-order valence-electron chi connectivity index (χ3n) is 1.39. The summed E-state index contributed by atoms with van der Waals surface area (Å²) in [5, 5.41) is 0. The zero-order valence-electron chi connectivity index (χ0n) is 6.24. The maximum absolute atomic E-state index is 11.6. The van der Waals surface area contributed by atoms with Crippen molar-refractivity contribution < 1.29 is 8.78 Å². The Hall–Kier alpha value is -0.400. The lowest BCUT2D eigenvalue weighted by atomic mass is 10.0. The number of halogens is 2. The molecule has 0 heterocycles. The van der Waals surface area contributed by atoms with Crippen LogP contribution in [0.25, 0.3) is 0 Å². The molecule has 0 nitrogen and oxygen atoms in total. The van der Waals surface area contributed by atoms with Crippen molar-refractivity contribution in [2.45, 2.75) is 26.2 Å². The van der Waals surface area contributed by atoms with Gasteiger partial charge in [-0.15, -0.1) is 0 Å². The minimum atomic E-state index is -1.58. The maximum atomic E-state index is 11.6. The summed E-state index contributed by atoms with van der Waals surface area (Å²) in [7, 11) is 0. The Bertz CT molecular complexity index is 104. The third kappa shape index (κ3) is 4.48. The molecule has 0 rings (SSSR count). The Morgan fingerprint density at radius 3 is 2.50 bits per heavy atom. The van der Waals surface area contributed by atoms with Gasteiger partial charge in [0, 0.05) is 0 Å². The normalized spacial score (nSPS) is 12.8. The fourth-order valence-electron chi connectivity index (χ4n) is 0.860. The Kier molecular flexibility index (Phi) is 5.17. The van der Waals surface area contributed by atoms with Gasteiger partial charge in [-0.3, -0.25) is 0 Å². The average molecular weight is 147 g/mol. The maximum Gasteiger partial charge on any atom is 0.266 e. The van der Waals surface area contributed by atoms with Crippen LogP contribution >= 0.6 is 0 Å². The van der Waals surface area contributed by atoms with Crippen LogP contribution < -0.4 is 0 Å². The molecular weight excluding hydrogens is 134 g/mol. The number of hydrogen-bond acceptors (Lipinski definition) is 0. The molecule has 0 N–H and O–H groups in total. The standard InChI is InChI=1S/C8H13F2/c1-3-5-7(4-2)6-8(9)10/h6-7H,2-5H2,1H3. The summed E-state index contributed by atoms with van der Waals surface area (Å²) in [6.07, 6.45) is 1.72. The van der Waals surface area contributed by atoms with Crippen LogP contribution in [0, 0.1) is 12.8 Å². The molecule has 1 unspecified atom stereocenters. The Balaban J connectivity index is 3.71. The van der Waals surface area contributed by atoms with Crippen LogP contribution in [0.4, 0.5) is 8.78 Å². The van der Waals surface area contributed by atoms with Crippen molar-refractivity contribution in [3.8, 4) is 0 Å². The first-order valence-corrected chi connectivity index (χ1v) is 3.52. The molecule has 1 atom stereocenters. The number of hydrogen-bond donors (Lipinski definition) is 0. The van der Waals surface area contributed by atoms with Crippen molar-refractivity contribution in [3.63, 3.8) is 0 Å². The van der Waals surface area contributed by atoms with E-state index in [0.717, 1.165) is 18.9 Å². The van der Waals surface area contributed by atoms with Crippen molar-refractivity contribution in [1.82, 2.24) is 0 Å². The summed E-state index contributed by atoms with van der Waals surface area (Å²) in [4.78, 5) is 0. The Labute approximate surface area is 60.9 Å². The highest BCUT2D eigenvalue weighted by molar-refractivity contribution is 4.87. The zero-order valence-corrected chi connectivity index (χ0v) is 6.24. The van der Waals surface area contributed by atoms with Crippen LogP contribution in [0.5, 0.6) is 0 Å². The van der Waals surface area contributed by atoms with E-state index in [1.165, 1.54) is 0 Å². The molecule has 59 valence electrons. The molecule has 10 heavy (non-hydrogen) atoms. The van der Waals surface area contributed by atoms with Crippen molar-refractivity contribution in [1.29, 1.82) is 0 Å². The first-order valence-electron chi connectivity index (χ1n) is 3.52. The fourth-order valence-corrected chi connectivity index (χ4v) is 0.860. The zero-order chi connectivity index (χ0) is 7.98. The SMILES string of the molecule is [CH2]CC(C=C(F)F)CCC. The second kappa shape index (κ2) is 5.39. The van der Waals surface area contributed by atoms with Gasteiger partial charge in [0.15, 0.2) is 0 Å². The van der Waals surface area contributed by atoms with E-state index in [1.807, 2.05) is 6.92 Å². The van der Waals surface area contributed by atoms with Gasteiger partial charge in [0.05, 0.1) is 0 Å². The Morgan fingerprint density at radius 1 is 1.60 bits per heavy atom. The van der Waals surface area contributed by atoms with Gasteiger partial charge >= 0.3 is 0 Å². The second-order valence-electron chi connectivity index (χ2n) is 2.29. The van der Waals surface area contributed by atoms with Crippen LogP contribution in [0.1, 0.15) is 26.2 Å². The number of rotatable bonds is 4. The minimum absolute atomic E-state index is 0.0324. The van der Waals surface area contributed by atoms with Crippen molar-refractivity contribution in [3.05, 3.63) is 19.1 Å². The molecule has 1 radical (unpaired) electrons. The van der Waals surface area contributed by atoms with Crippen LogP contribution in [0.15, 0.2) is 12.2 Å². The predicted molar refractivity (Wildman–Crippen MR) is 38.7 cm³/mol. The van der Waals surface area contributed by atoms with Crippen LogP contribution in [-0.4, -0.2) is 0 Å². The van der Waals surface area contributed by atoms with E-state index >= 15 is 0 Å². The summed E-state index contributed by atoms with van der Waals surface area (Å²) >= 11 is 0. The van der Waals surface area contributed by atoms with Crippen LogP contribution in [-0.2, 0) is 0 Å². The molecule has 0 fully saturated rings. The molecule has 0 spiro atoms. The topological polar surface area (TPSA) is 0 Å². The van der Waals surface area contributed by atoms with E-state index < -0.39 is 6.08 Å². The van der Waals surface area contributed by atoms with Crippen molar-refractivity contribution in [2.24, 2.45) is 5.92 Å². The molecule has 0 saturated carbocycles. The van der Waals surface area contributed by atoms with E-state index in [2.05, 4.69) is 6.92 Å². The van der Waals surface area contributed by atoms with Crippen molar-refractivity contribution >= 4 is 0 Å². The largest absolute Gasteiger partial charge is 0.266 e. The highest BCUT2D eigenvalue weighted by Crippen LogP contribution is 2.15. The van der Waals surface area contributed by atoms with Gasteiger partial charge in [-0.05, 0) is 24.8 Å². The van der Waals surface area contributed by atoms with Gasteiger partial charge in [-0.25, -0.2) is 0 Å². The van der Waals surface area contributed by atoms with E-state index in [1.54, 1.807) is 0 Å². The molecule has 0 aliphatic rings. The molecule has 0 bridgehead atoms. The van der Waals surface area contributed by atoms with Gasteiger partial charge in [0.1, 0.15) is 0 Å². The van der Waals surface area contributed by atoms with E-state index in [-0.39, 0.29) is 5.92 Å². The summed E-state index contributed by atoms with van der Waals surface area (Å²) in [6, 6.07) is 0. The third-order valence-corrected chi connectivity index (χ3v) is 1.39. The summed E-state index contributed by atoms with van der Waals surface area (Å²) in [6.45, 7) is 5.56. The average Bonchev–Trinajstić information content (AvgIpc) is 1.86. The van der Waals surface area contributed by atoms with Gasteiger partial charge < -0.3 is 0 Å². The van der Waals surface area contributed by atoms with Gasteiger partial charge in [-0.1, -0.05) is 20.3 Å². The fraction of sp³-hybridized carbons (Fsp3) is 0.625. The van der Waals surface area contributed by atoms with Gasteiger partial charge in [0.25, 0.3) is 6.08 Å². The smallest absolute Gasteiger partial charge is 0.174 e. The molecule has 0 amide bonds. The first kappa shape index (κ1) is 9.60. The van der Waals surface area contributed by atoms with Crippen LogP contribution in [0.2, 0.25) is 0 Å². The monoisotopic (exact) mass is 147 g/mol. The van der Waals surface area contributed by atoms with Crippen molar-refractivity contribution in [2.75, 3.05) is 0 Å². The quantitative estimate of drug-likeness (QED) is 0.571. The summed E-state index contributed by atoms with van der Waals surface area (Å²) in [5.74, 6) is -0.0324. The molecule has 0 aliphatic heterocycles. The van der Waals surface area contributed by atoms with E-state index in [9.17, 15) is 8.78 Å². The lowest BCUT2D eigenvalue weighted by molar-refractivity contribution is 0.404. The number of allylic oxidation sites excluding steroid dienone is 1. The lowest BCUT2D eigenvalue weighted by Crippen LogP contribution is -1.93. The van der Waals surface area contributed by atoms with E-state index in [4.69, 9.17) is 0 Å². The minimum Gasteiger partial charge on any atom is -0.174 e. The molecule has 2 heteroatoms. The van der Waals surface area contributed by atoms with E-state index in [0.29, 0.717) is 6.42 Å². The summed E-state index contributed by atoms with van der Waals surface area (Å²) in [5.41, 5.74) is 0. The highest BCUT2D eigenvalue weighted by atomic mass is 19.3. The molecule has 0 aromatic carbocycles. The molecular formula is C8H13F2. The molecule has 0 aliphatic carbocycles. The molecule has 0 aromatic heterocycles. The Morgan fingerprint density at radius 2 is 2.20 bits per heavy atom. The lowest BCUT2D eigenvalue weighted by Gasteiger charge is -2.05. The van der Waals surface area contributed by atoms with Gasteiger partial charge in [-0.2, -0.15) is 8.78 Å².